The maximum atomic E-state index is 6.23. The van der Waals surface area contributed by atoms with Gasteiger partial charge in [-0.1, -0.05) is 17.7 Å². The van der Waals surface area contributed by atoms with E-state index in [9.17, 15) is 0 Å². The van der Waals surface area contributed by atoms with Crippen molar-refractivity contribution in [3.8, 4) is 11.3 Å². The van der Waals surface area contributed by atoms with Crippen molar-refractivity contribution in [1.29, 1.82) is 0 Å². The number of nitrogens with two attached hydrogens (primary N) is 1. The molecule has 0 saturated heterocycles. The predicted octanol–water partition coefficient (Wildman–Crippen LogP) is 3.16. The van der Waals surface area contributed by atoms with Crippen LogP contribution in [0.15, 0.2) is 55.1 Å². The first-order chi connectivity index (χ1) is 14.1. The summed E-state index contributed by atoms with van der Waals surface area (Å²) in [6.07, 6.45) is 6.81. The number of rotatable bonds is 7. The van der Waals surface area contributed by atoms with Crippen molar-refractivity contribution >= 4 is 34.7 Å². The highest BCUT2D eigenvalue weighted by Crippen LogP contribution is 2.26. The standard InChI is InChI=1S/C19H20ClN9/c1-28-18(5-7-24-28)27-19-23-6-4-16(26-19)13-2-3-17(15(21)10-13)22-8-9-29-12-14(20)11-25-29/h2-7,10-12,22H,8-9,21H2,1H3,(H,23,26,27). The molecule has 0 amide bonds. The molecule has 0 fully saturated rings. The fourth-order valence-electron chi connectivity index (χ4n) is 2.84. The predicted molar refractivity (Wildman–Crippen MR) is 114 cm³/mol. The molecule has 0 aliphatic rings. The number of aryl methyl sites for hydroxylation is 1. The van der Waals surface area contributed by atoms with E-state index in [1.165, 1.54) is 0 Å². The van der Waals surface area contributed by atoms with E-state index in [-0.39, 0.29) is 0 Å². The molecular formula is C19H20ClN9. The molecule has 0 atom stereocenters. The highest BCUT2D eigenvalue weighted by molar-refractivity contribution is 6.30. The van der Waals surface area contributed by atoms with Gasteiger partial charge in [0, 0.05) is 37.6 Å². The number of halogens is 1. The molecule has 0 radical (unpaired) electrons. The summed E-state index contributed by atoms with van der Waals surface area (Å²) in [7, 11) is 1.85. The Hall–Kier alpha value is -3.59. The third kappa shape index (κ3) is 4.46. The zero-order valence-corrected chi connectivity index (χ0v) is 16.5. The monoisotopic (exact) mass is 409 g/mol. The van der Waals surface area contributed by atoms with Crippen molar-refractivity contribution in [1.82, 2.24) is 29.5 Å². The lowest BCUT2D eigenvalue weighted by Crippen LogP contribution is -2.11. The number of nitrogens with one attached hydrogen (secondary N) is 2. The number of hydrogen-bond acceptors (Lipinski definition) is 7. The van der Waals surface area contributed by atoms with Gasteiger partial charge in [0.05, 0.1) is 41.0 Å². The van der Waals surface area contributed by atoms with Crippen LogP contribution in [0.3, 0.4) is 0 Å². The van der Waals surface area contributed by atoms with Gasteiger partial charge < -0.3 is 16.4 Å². The van der Waals surface area contributed by atoms with Gasteiger partial charge in [-0.25, -0.2) is 9.97 Å². The highest BCUT2D eigenvalue weighted by atomic mass is 35.5. The first-order valence-electron chi connectivity index (χ1n) is 8.98. The second-order valence-electron chi connectivity index (χ2n) is 6.38. The Morgan fingerprint density at radius 3 is 2.76 bits per heavy atom. The molecular weight excluding hydrogens is 390 g/mol. The number of aromatic nitrogens is 6. The summed E-state index contributed by atoms with van der Waals surface area (Å²) in [5.41, 5.74) is 9.41. The van der Waals surface area contributed by atoms with Crippen LogP contribution in [-0.4, -0.2) is 36.1 Å². The summed E-state index contributed by atoms with van der Waals surface area (Å²) in [5.74, 6) is 1.30. The summed E-state index contributed by atoms with van der Waals surface area (Å²) in [5, 5.41) is 15.4. The first kappa shape index (κ1) is 18.8. The molecule has 4 rings (SSSR count). The fourth-order valence-corrected chi connectivity index (χ4v) is 3.00. The van der Waals surface area contributed by atoms with Crippen molar-refractivity contribution in [2.24, 2.45) is 7.05 Å². The maximum Gasteiger partial charge on any atom is 0.228 e. The van der Waals surface area contributed by atoms with E-state index < -0.39 is 0 Å². The van der Waals surface area contributed by atoms with Crippen molar-refractivity contribution in [2.45, 2.75) is 6.54 Å². The molecule has 0 spiro atoms. The lowest BCUT2D eigenvalue weighted by Gasteiger charge is -2.11. The zero-order chi connectivity index (χ0) is 20.2. The Morgan fingerprint density at radius 2 is 2.03 bits per heavy atom. The molecule has 9 nitrogen and oxygen atoms in total. The summed E-state index contributed by atoms with van der Waals surface area (Å²) < 4.78 is 3.49. The molecule has 10 heteroatoms. The van der Waals surface area contributed by atoms with Gasteiger partial charge in [0.1, 0.15) is 5.82 Å². The van der Waals surface area contributed by atoms with Gasteiger partial charge >= 0.3 is 0 Å². The van der Waals surface area contributed by atoms with E-state index in [2.05, 4.69) is 30.8 Å². The highest BCUT2D eigenvalue weighted by Gasteiger charge is 2.07. The van der Waals surface area contributed by atoms with Crippen LogP contribution in [0.25, 0.3) is 11.3 Å². The molecule has 0 aliphatic heterocycles. The van der Waals surface area contributed by atoms with Crippen LogP contribution in [0.4, 0.5) is 23.1 Å². The zero-order valence-electron chi connectivity index (χ0n) is 15.7. The van der Waals surface area contributed by atoms with Gasteiger partial charge in [-0.3, -0.25) is 9.36 Å². The minimum absolute atomic E-state index is 0.491. The van der Waals surface area contributed by atoms with Gasteiger partial charge in [-0.2, -0.15) is 10.2 Å². The molecule has 0 saturated carbocycles. The SMILES string of the molecule is Cn1nccc1Nc1nccc(-c2ccc(NCCn3cc(Cl)cn3)c(N)c2)n1. The smallest absolute Gasteiger partial charge is 0.228 e. The largest absolute Gasteiger partial charge is 0.397 e. The van der Waals surface area contributed by atoms with E-state index in [4.69, 9.17) is 17.3 Å². The Kier molecular flexibility index (Phi) is 5.30. The lowest BCUT2D eigenvalue weighted by molar-refractivity contribution is 0.638. The molecule has 29 heavy (non-hydrogen) atoms. The van der Waals surface area contributed by atoms with Crippen molar-refractivity contribution < 1.29 is 0 Å². The van der Waals surface area contributed by atoms with Gasteiger partial charge in [-0.15, -0.1) is 0 Å². The van der Waals surface area contributed by atoms with Crippen LogP contribution < -0.4 is 16.4 Å². The van der Waals surface area contributed by atoms with Crippen LogP contribution in [-0.2, 0) is 13.6 Å². The van der Waals surface area contributed by atoms with Gasteiger partial charge in [0.2, 0.25) is 5.95 Å². The van der Waals surface area contributed by atoms with Gasteiger partial charge in [-0.05, 0) is 18.2 Å². The number of anilines is 4. The van der Waals surface area contributed by atoms with Crippen LogP contribution in [0.2, 0.25) is 5.02 Å². The Morgan fingerprint density at radius 1 is 1.14 bits per heavy atom. The molecule has 1 aromatic carbocycles. The minimum Gasteiger partial charge on any atom is -0.397 e. The second kappa shape index (κ2) is 8.19. The number of benzene rings is 1. The third-order valence-electron chi connectivity index (χ3n) is 4.32. The average Bonchev–Trinajstić information content (AvgIpc) is 3.31. The lowest BCUT2D eigenvalue weighted by atomic mass is 10.1. The van der Waals surface area contributed by atoms with E-state index in [1.807, 2.05) is 37.4 Å². The van der Waals surface area contributed by atoms with Crippen LogP contribution in [0, 0.1) is 0 Å². The summed E-state index contributed by atoms with van der Waals surface area (Å²) in [4.78, 5) is 8.84. The van der Waals surface area contributed by atoms with Crippen LogP contribution in [0.5, 0.6) is 0 Å². The van der Waals surface area contributed by atoms with Crippen molar-refractivity contribution in [3.63, 3.8) is 0 Å². The molecule has 0 unspecified atom stereocenters. The number of nitrogens with zero attached hydrogens (tertiary/aromatic N) is 6. The Bertz CT molecular complexity index is 1120. The quantitative estimate of drug-likeness (QED) is 0.402. The average molecular weight is 410 g/mol. The summed E-state index contributed by atoms with van der Waals surface area (Å²) in [6, 6.07) is 9.50. The fraction of sp³-hybridized carbons (Fsp3) is 0.158. The van der Waals surface area contributed by atoms with Gasteiger partial charge in [0.25, 0.3) is 0 Å². The number of nitrogen functional groups attached to an aromatic ring is 1. The maximum absolute atomic E-state index is 6.23. The Labute approximate surface area is 172 Å². The molecule has 3 heterocycles. The van der Waals surface area contributed by atoms with E-state index in [0.717, 1.165) is 22.8 Å². The molecule has 4 N–H and O–H groups in total. The molecule has 0 bridgehead atoms. The van der Waals surface area contributed by atoms with E-state index >= 15 is 0 Å². The van der Waals surface area contributed by atoms with E-state index in [0.29, 0.717) is 29.7 Å². The second-order valence-corrected chi connectivity index (χ2v) is 6.82. The third-order valence-corrected chi connectivity index (χ3v) is 4.52. The summed E-state index contributed by atoms with van der Waals surface area (Å²) in [6.45, 7) is 1.36. The molecule has 148 valence electrons. The number of hydrogen-bond donors (Lipinski definition) is 3. The van der Waals surface area contributed by atoms with Crippen LogP contribution >= 0.6 is 11.6 Å². The van der Waals surface area contributed by atoms with Crippen LogP contribution in [0.1, 0.15) is 0 Å². The summed E-state index contributed by atoms with van der Waals surface area (Å²) >= 11 is 5.87. The van der Waals surface area contributed by atoms with Crippen molar-refractivity contribution in [3.05, 3.63) is 60.1 Å². The first-order valence-corrected chi connectivity index (χ1v) is 9.36. The van der Waals surface area contributed by atoms with E-state index in [1.54, 1.807) is 34.2 Å². The minimum atomic E-state index is 0.491. The molecule has 3 aromatic heterocycles. The van der Waals surface area contributed by atoms with Crippen molar-refractivity contribution in [2.75, 3.05) is 22.9 Å². The topological polar surface area (TPSA) is 112 Å². The molecule has 4 aromatic rings. The van der Waals surface area contributed by atoms with Gasteiger partial charge in [0.15, 0.2) is 0 Å². The normalized spacial score (nSPS) is 10.8. The Balaban J connectivity index is 1.44. The molecule has 0 aliphatic carbocycles.